The second kappa shape index (κ2) is 11.9. The molecular formula is C30H26F3N7O4. The summed E-state index contributed by atoms with van der Waals surface area (Å²) < 4.78 is 42.2. The summed E-state index contributed by atoms with van der Waals surface area (Å²) in [5, 5.41) is 46.6. The van der Waals surface area contributed by atoms with E-state index in [0.29, 0.717) is 5.56 Å². The normalized spacial score (nSPS) is 20.6. The zero-order chi connectivity index (χ0) is 31.8. The highest BCUT2D eigenvalue weighted by atomic mass is 19.3. The highest BCUT2D eigenvalue weighted by molar-refractivity contribution is 5.98. The van der Waals surface area contributed by atoms with Gasteiger partial charge >= 0.3 is 0 Å². The van der Waals surface area contributed by atoms with Gasteiger partial charge < -0.3 is 15.6 Å². The number of halogens is 3. The van der Waals surface area contributed by atoms with Crippen LogP contribution < -0.4 is 20.4 Å². The van der Waals surface area contributed by atoms with Gasteiger partial charge in [0.15, 0.2) is 12.2 Å². The van der Waals surface area contributed by atoms with Crippen molar-refractivity contribution >= 4 is 23.3 Å². The van der Waals surface area contributed by atoms with Gasteiger partial charge in [0.05, 0.1) is 35.4 Å². The first-order valence-electron chi connectivity index (χ1n) is 13.6. The van der Waals surface area contributed by atoms with Crippen LogP contribution in [0.3, 0.4) is 0 Å². The molecule has 4 atom stereocenters. The zero-order valence-corrected chi connectivity index (χ0v) is 23.2. The van der Waals surface area contributed by atoms with Gasteiger partial charge in [-0.15, -0.1) is 0 Å². The van der Waals surface area contributed by atoms with E-state index in [9.17, 15) is 43.6 Å². The fourth-order valence-corrected chi connectivity index (χ4v) is 5.51. The fraction of sp³-hybridized carbons (Fsp3) is 0.300. The number of hydrogen-bond donors (Lipinski definition) is 3. The van der Waals surface area contributed by atoms with Crippen LogP contribution in [0.25, 0.3) is 0 Å². The first kappa shape index (κ1) is 30.4. The summed E-state index contributed by atoms with van der Waals surface area (Å²) in [5.74, 6) is -5.72. The number of amides is 2. The van der Waals surface area contributed by atoms with Gasteiger partial charge in [-0.3, -0.25) is 9.59 Å². The third-order valence-electron chi connectivity index (χ3n) is 7.64. The number of rotatable bonds is 8. The number of aryl methyl sites for hydroxylation is 1. The molecule has 11 nitrogen and oxygen atoms in total. The molecule has 226 valence electrons. The molecule has 3 N–H and O–H groups in total. The van der Waals surface area contributed by atoms with E-state index in [1.165, 1.54) is 24.4 Å². The number of anilines is 2. The summed E-state index contributed by atoms with van der Waals surface area (Å²) in [7, 11) is 0. The van der Waals surface area contributed by atoms with E-state index in [1.807, 2.05) is 6.07 Å². The Morgan fingerprint density at radius 2 is 1.89 bits per heavy atom. The summed E-state index contributed by atoms with van der Waals surface area (Å²) in [4.78, 5) is 32.1. The molecule has 3 aromatic rings. The Morgan fingerprint density at radius 1 is 1.18 bits per heavy atom. The number of aromatic nitrogens is 1. The number of quaternary nitrogens is 1. The number of pyridine rings is 1. The van der Waals surface area contributed by atoms with Crippen LogP contribution in [0, 0.1) is 40.6 Å². The first-order chi connectivity index (χ1) is 20.9. The third kappa shape index (κ3) is 5.91. The minimum atomic E-state index is -2.96. The van der Waals surface area contributed by atoms with Crippen molar-refractivity contribution in [2.24, 2.45) is 0 Å². The summed E-state index contributed by atoms with van der Waals surface area (Å²) in [5.41, 5.74) is 0.521. The topological polar surface area (TPSA) is 161 Å². The van der Waals surface area contributed by atoms with Crippen molar-refractivity contribution in [2.75, 3.05) is 9.91 Å². The van der Waals surface area contributed by atoms with Gasteiger partial charge in [0.2, 0.25) is 0 Å². The summed E-state index contributed by atoms with van der Waals surface area (Å²) in [6.07, 6.45) is -3.55. The van der Waals surface area contributed by atoms with E-state index < -0.39 is 72.3 Å². The van der Waals surface area contributed by atoms with E-state index in [1.54, 1.807) is 37.3 Å². The van der Waals surface area contributed by atoms with Gasteiger partial charge in [-0.05, 0) is 42.3 Å². The van der Waals surface area contributed by atoms with Crippen LogP contribution in [-0.2, 0) is 9.59 Å². The number of nitriles is 2. The molecule has 2 amide bonds. The molecule has 5 rings (SSSR count). The lowest BCUT2D eigenvalue weighted by Crippen LogP contribution is -3.20. The molecule has 1 aliphatic carbocycles. The van der Waals surface area contributed by atoms with Gasteiger partial charge in [-0.1, -0.05) is 24.3 Å². The molecule has 0 spiro atoms. The van der Waals surface area contributed by atoms with Crippen molar-refractivity contribution < 1.29 is 33.0 Å². The van der Waals surface area contributed by atoms with E-state index in [2.05, 4.69) is 10.3 Å². The van der Waals surface area contributed by atoms with Crippen molar-refractivity contribution in [2.45, 2.75) is 56.5 Å². The molecule has 44 heavy (non-hydrogen) atoms. The molecule has 2 fully saturated rings. The highest BCUT2D eigenvalue weighted by Crippen LogP contribution is 2.38. The lowest BCUT2D eigenvalue weighted by molar-refractivity contribution is -0.885. The van der Waals surface area contributed by atoms with Gasteiger partial charge in [-0.25, -0.2) is 33.2 Å². The minimum absolute atomic E-state index is 0.116. The van der Waals surface area contributed by atoms with Crippen LogP contribution in [-0.4, -0.2) is 46.1 Å². The number of hydrogen-bond acceptors (Lipinski definition) is 8. The lowest BCUT2D eigenvalue weighted by Gasteiger charge is -2.45. The number of aliphatic hydroxyl groups is 1. The van der Waals surface area contributed by atoms with E-state index in [4.69, 9.17) is 0 Å². The van der Waals surface area contributed by atoms with Crippen LogP contribution >= 0.6 is 0 Å². The molecular weight excluding hydrogens is 579 g/mol. The second-order valence-electron chi connectivity index (χ2n) is 10.7. The van der Waals surface area contributed by atoms with Crippen LogP contribution in [0.1, 0.15) is 47.6 Å². The molecule has 2 heterocycles. The number of carbonyl (C=O) groups is 2. The highest BCUT2D eigenvalue weighted by Gasteiger charge is 2.50. The van der Waals surface area contributed by atoms with Gasteiger partial charge in [0, 0.05) is 31.1 Å². The average molecular weight is 606 g/mol. The number of hydroxylamine groups is 1. The maximum absolute atomic E-state index is 14.9. The molecule has 2 aliphatic rings. The van der Waals surface area contributed by atoms with Crippen molar-refractivity contribution in [1.82, 2.24) is 10.3 Å². The zero-order valence-electron chi connectivity index (χ0n) is 23.2. The van der Waals surface area contributed by atoms with Crippen molar-refractivity contribution in [1.29, 1.82) is 10.5 Å². The third-order valence-corrected chi connectivity index (χ3v) is 7.64. The maximum atomic E-state index is 14.9. The molecule has 1 aliphatic heterocycles. The Hall–Kier alpha value is -5.02. The molecule has 2 unspecified atom stereocenters. The Morgan fingerprint density at radius 3 is 2.55 bits per heavy atom. The Balaban J connectivity index is 1.66. The number of carbonyl (C=O) groups excluding carboxylic acids is 2. The van der Waals surface area contributed by atoms with Gasteiger partial charge in [-0.2, -0.15) is 10.5 Å². The monoisotopic (exact) mass is 605 g/mol. The minimum Gasteiger partial charge on any atom is -0.606 e. The molecule has 1 saturated carbocycles. The van der Waals surface area contributed by atoms with Crippen LogP contribution in [0.15, 0.2) is 60.8 Å². The first-order valence-corrected chi connectivity index (χ1v) is 13.6. The molecule has 1 aromatic heterocycles. The van der Waals surface area contributed by atoms with Crippen LogP contribution in [0.5, 0.6) is 0 Å². The molecule has 1 saturated heterocycles. The fourth-order valence-electron chi connectivity index (χ4n) is 5.51. The SMILES string of the molecule is Cc1ccccc1C(C(=O)NC1CC(F)(F)C1)N(c1cc(F)cc(C#N)c1)[NH+]([O-])[C@@H]1C[C@@H](O)C(=O)N1c1cc(C#N)ccn1. The number of nitrogens with one attached hydrogen (secondary N) is 2. The second-order valence-corrected chi connectivity index (χ2v) is 10.7. The Labute approximate surface area is 249 Å². The van der Waals surface area contributed by atoms with Crippen LogP contribution in [0.4, 0.5) is 24.7 Å². The Bertz CT molecular complexity index is 1680. The lowest BCUT2D eigenvalue weighted by atomic mass is 9.87. The predicted octanol–water partition coefficient (Wildman–Crippen LogP) is 2.16. The number of aliphatic hydroxyl groups excluding tert-OH is 1. The predicted molar refractivity (Wildman–Crippen MR) is 149 cm³/mol. The average Bonchev–Trinajstić information content (AvgIpc) is 3.28. The van der Waals surface area contributed by atoms with Crippen molar-refractivity contribution in [3.05, 3.63) is 94.1 Å². The number of alkyl halides is 2. The quantitative estimate of drug-likeness (QED) is 0.329. The number of nitrogens with zero attached hydrogens (tertiary/aromatic N) is 5. The number of benzene rings is 2. The standard InChI is InChI=1S/C30H26F3N7O4/c1-17-4-2-3-5-23(17)27(28(42)37-21-13-30(32,33)14-21)39(22-9-19(16-35)8-20(31)11-22)40(44)26-12-24(41)29(43)38(26)25-10-18(15-34)6-7-36-25/h2-11,21,24,26-27,40-41H,12-14H2,1H3,(H,37,42)/t24-,26-,27?/m1/s1. The molecule has 14 heteroatoms. The van der Waals surface area contributed by atoms with Crippen molar-refractivity contribution in [3.63, 3.8) is 0 Å². The molecule has 2 aromatic carbocycles. The summed E-state index contributed by atoms with van der Waals surface area (Å²) >= 11 is 0. The van der Waals surface area contributed by atoms with E-state index >= 15 is 0 Å². The molecule has 0 bridgehead atoms. The summed E-state index contributed by atoms with van der Waals surface area (Å²) in [6.45, 7) is 1.66. The van der Waals surface area contributed by atoms with Crippen LogP contribution in [0.2, 0.25) is 0 Å². The maximum Gasteiger partial charge on any atom is 0.262 e. The van der Waals surface area contributed by atoms with Crippen molar-refractivity contribution in [3.8, 4) is 12.1 Å². The molecule has 0 radical (unpaired) electrons. The van der Waals surface area contributed by atoms with Gasteiger partial charge in [0.25, 0.3) is 17.7 Å². The largest absolute Gasteiger partial charge is 0.606 e. The summed E-state index contributed by atoms with van der Waals surface area (Å²) in [6, 6.07) is 13.4. The Kier molecular flexibility index (Phi) is 8.25. The van der Waals surface area contributed by atoms with E-state index in [0.717, 1.165) is 22.0 Å². The smallest absolute Gasteiger partial charge is 0.262 e. The van der Waals surface area contributed by atoms with E-state index in [-0.39, 0.29) is 28.2 Å². The van der Waals surface area contributed by atoms with Gasteiger partial charge in [0.1, 0.15) is 17.7 Å².